The molecule has 3 rings (SSSR count). The van der Waals surface area contributed by atoms with Crippen molar-refractivity contribution >= 4 is 34.0 Å². The van der Waals surface area contributed by atoms with Gasteiger partial charge in [0.25, 0.3) is 0 Å². The van der Waals surface area contributed by atoms with E-state index in [0.29, 0.717) is 11.7 Å². The number of hydrogen-bond acceptors (Lipinski definition) is 4. The van der Waals surface area contributed by atoms with E-state index in [9.17, 15) is 9.59 Å². The molecule has 0 unspecified atom stereocenters. The van der Waals surface area contributed by atoms with Gasteiger partial charge in [0.1, 0.15) is 0 Å². The highest BCUT2D eigenvalue weighted by atomic mass is 32.1. The molecule has 1 aliphatic heterocycles. The maximum atomic E-state index is 12.3. The van der Waals surface area contributed by atoms with Gasteiger partial charge in [-0.2, -0.15) is 0 Å². The number of amides is 2. The normalized spacial score (nSPS) is 17.8. The number of carbonyl (C=O) groups is 2. The topological polar surface area (TPSA) is 62.3 Å². The molecule has 2 aromatic rings. The third kappa shape index (κ3) is 2.74. The zero-order valence-electron chi connectivity index (χ0n) is 12.5. The molecule has 0 saturated carbocycles. The Kier molecular flexibility index (Phi) is 3.94. The molecule has 5 nitrogen and oxygen atoms in total. The first-order valence-electron chi connectivity index (χ1n) is 7.13. The van der Waals surface area contributed by atoms with Gasteiger partial charge in [-0.15, -0.1) is 11.3 Å². The molecule has 22 heavy (non-hydrogen) atoms. The monoisotopic (exact) mass is 315 g/mol. The molecule has 1 N–H and O–H groups in total. The SMILES string of the molecule is Cc1cccc(C)c1N1C[C@@H](C(=O)Nc2nccs2)CC1=O. The second-order valence-corrected chi connectivity index (χ2v) is 6.37. The van der Waals surface area contributed by atoms with Crippen LogP contribution in [0.1, 0.15) is 17.5 Å². The Hall–Kier alpha value is -2.21. The van der Waals surface area contributed by atoms with Gasteiger partial charge in [0.15, 0.2) is 5.13 Å². The van der Waals surface area contributed by atoms with Crippen molar-refractivity contribution in [3.63, 3.8) is 0 Å². The minimum Gasteiger partial charge on any atom is -0.311 e. The molecular weight excluding hydrogens is 298 g/mol. The summed E-state index contributed by atoms with van der Waals surface area (Å²) in [6.45, 7) is 4.39. The van der Waals surface area contributed by atoms with E-state index in [1.807, 2.05) is 32.0 Å². The van der Waals surface area contributed by atoms with Crippen LogP contribution in [0.5, 0.6) is 0 Å². The maximum absolute atomic E-state index is 12.3. The minimum atomic E-state index is -0.338. The fourth-order valence-corrected chi connectivity index (χ4v) is 3.36. The number of rotatable bonds is 3. The number of thiazole rings is 1. The number of hydrogen-bond donors (Lipinski definition) is 1. The average Bonchev–Trinajstić information content (AvgIpc) is 3.09. The Morgan fingerprint density at radius 1 is 1.36 bits per heavy atom. The Bertz CT molecular complexity index is 692. The van der Waals surface area contributed by atoms with Gasteiger partial charge in [0.2, 0.25) is 11.8 Å². The van der Waals surface area contributed by atoms with Crippen LogP contribution in [-0.2, 0) is 9.59 Å². The van der Waals surface area contributed by atoms with Crippen molar-refractivity contribution in [3.8, 4) is 0 Å². The van der Waals surface area contributed by atoms with E-state index in [1.165, 1.54) is 11.3 Å². The van der Waals surface area contributed by atoms with Gasteiger partial charge in [-0.1, -0.05) is 18.2 Å². The van der Waals surface area contributed by atoms with Crippen molar-refractivity contribution in [1.82, 2.24) is 4.98 Å². The van der Waals surface area contributed by atoms with E-state index in [2.05, 4.69) is 10.3 Å². The molecule has 2 amide bonds. The fraction of sp³-hybridized carbons (Fsp3) is 0.312. The number of aryl methyl sites for hydroxylation is 2. The van der Waals surface area contributed by atoms with Crippen LogP contribution in [0.2, 0.25) is 0 Å². The molecule has 1 aliphatic rings. The molecule has 1 aromatic carbocycles. The molecule has 6 heteroatoms. The second-order valence-electron chi connectivity index (χ2n) is 5.47. The van der Waals surface area contributed by atoms with Crippen molar-refractivity contribution in [2.45, 2.75) is 20.3 Å². The summed E-state index contributed by atoms with van der Waals surface area (Å²) in [5.41, 5.74) is 3.03. The van der Waals surface area contributed by atoms with Gasteiger partial charge in [-0.25, -0.2) is 4.98 Å². The highest BCUT2D eigenvalue weighted by molar-refractivity contribution is 7.13. The quantitative estimate of drug-likeness (QED) is 0.947. The summed E-state index contributed by atoms with van der Waals surface area (Å²) in [6, 6.07) is 5.94. The number of aromatic nitrogens is 1. The Morgan fingerprint density at radius 2 is 2.09 bits per heavy atom. The number of benzene rings is 1. The molecule has 0 aliphatic carbocycles. The molecule has 114 valence electrons. The molecule has 0 bridgehead atoms. The van der Waals surface area contributed by atoms with E-state index in [-0.39, 0.29) is 24.2 Å². The molecule has 2 heterocycles. The lowest BCUT2D eigenvalue weighted by Crippen LogP contribution is -2.29. The van der Waals surface area contributed by atoms with Crippen LogP contribution < -0.4 is 10.2 Å². The zero-order valence-corrected chi connectivity index (χ0v) is 13.3. The standard InChI is InChI=1S/C16H17N3O2S/c1-10-4-3-5-11(2)14(10)19-9-12(8-13(19)20)15(21)18-16-17-6-7-22-16/h3-7,12H,8-9H2,1-2H3,(H,17,18,21)/t12-/m0/s1. The van der Waals surface area contributed by atoms with Crippen LogP contribution >= 0.6 is 11.3 Å². The van der Waals surface area contributed by atoms with Crippen LogP contribution in [0.25, 0.3) is 0 Å². The number of para-hydroxylation sites is 1. The van der Waals surface area contributed by atoms with E-state index >= 15 is 0 Å². The van der Waals surface area contributed by atoms with Gasteiger partial charge in [0, 0.05) is 30.2 Å². The third-order valence-electron chi connectivity index (χ3n) is 3.87. The summed E-state index contributed by atoms with van der Waals surface area (Å²) in [7, 11) is 0. The second kappa shape index (κ2) is 5.88. The van der Waals surface area contributed by atoms with E-state index in [1.54, 1.807) is 16.5 Å². The van der Waals surface area contributed by atoms with E-state index in [4.69, 9.17) is 0 Å². The van der Waals surface area contributed by atoms with Crippen molar-refractivity contribution < 1.29 is 9.59 Å². The fourth-order valence-electron chi connectivity index (χ4n) is 2.82. The minimum absolute atomic E-state index is 0.00307. The van der Waals surface area contributed by atoms with Crippen molar-refractivity contribution in [3.05, 3.63) is 40.9 Å². The lowest BCUT2D eigenvalue weighted by molar-refractivity contribution is -0.122. The lowest BCUT2D eigenvalue weighted by atomic mass is 10.1. The highest BCUT2D eigenvalue weighted by Crippen LogP contribution is 2.31. The number of nitrogens with one attached hydrogen (secondary N) is 1. The van der Waals surface area contributed by atoms with Gasteiger partial charge in [-0.3, -0.25) is 9.59 Å². The first-order chi connectivity index (χ1) is 10.6. The zero-order chi connectivity index (χ0) is 15.7. The molecule has 0 spiro atoms. The summed E-state index contributed by atoms with van der Waals surface area (Å²) in [4.78, 5) is 30.4. The summed E-state index contributed by atoms with van der Waals surface area (Å²) in [6.07, 6.45) is 1.88. The predicted molar refractivity (Wildman–Crippen MR) is 87.1 cm³/mol. The van der Waals surface area contributed by atoms with Crippen molar-refractivity contribution in [2.75, 3.05) is 16.8 Å². The van der Waals surface area contributed by atoms with Crippen LogP contribution in [0, 0.1) is 19.8 Å². The number of carbonyl (C=O) groups excluding carboxylic acids is 2. The molecule has 0 radical (unpaired) electrons. The highest BCUT2D eigenvalue weighted by Gasteiger charge is 2.36. The number of nitrogens with zero attached hydrogens (tertiary/aromatic N) is 2. The van der Waals surface area contributed by atoms with Gasteiger partial charge in [0.05, 0.1) is 5.92 Å². The van der Waals surface area contributed by atoms with Crippen molar-refractivity contribution in [1.29, 1.82) is 0 Å². The smallest absolute Gasteiger partial charge is 0.231 e. The molecule has 1 atom stereocenters. The largest absolute Gasteiger partial charge is 0.311 e. The van der Waals surface area contributed by atoms with E-state index < -0.39 is 0 Å². The Labute approximate surface area is 133 Å². The molecular formula is C16H17N3O2S. The summed E-state index contributed by atoms with van der Waals surface area (Å²) in [5.74, 6) is -0.482. The van der Waals surface area contributed by atoms with Crippen LogP contribution in [0.4, 0.5) is 10.8 Å². The molecule has 1 fully saturated rings. The first-order valence-corrected chi connectivity index (χ1v) is 8.01. The Balaban J connectivity index is 1.77. The van der Waals surface area contributed by atoms with Gasteiger partial charge in [-0.05, 0) is 25.0 Å². The van der Waals surface area contributed by atoms with Gasteiger partial charge < -0.3 is 10.2 Å². The third-order valence-corrected chi connectivity index (χ3v) is 4.56. The van der Waals surface area contributed by atoms with Crippen molar-refractivity contribution in [2.24, 2.45) is 5.92 Å². The summed E-state index contributed by atoms with van der Waals surface area (Å²) in [5, 5.41) is 5.15. The summed E-state index contributed by atoms with van der Waals surface area (Å²) < 4.78 is 0. The summed E-state index contributed by atoms with van der Waals surface area (Å²) >= 11 is 1.37. The van der Waals surface area contributed by atoms with Crippen LogP contribution in [0.15, 0.2) is 29.8 Å². The van der Waals surface area contributed by atoms with Crippen LogP contribution in [0.3, 0.4) is 0 Å². The van der Waals surface area contributed by atoms with Crippen LogP contribution in [-0.4, -0.2) is 23.3 Å². The average molecular weight is 315 g/mol. The predicted octanol–water partition coefficient (Wildman–Crippen LogP) is 2.75. The molecule has 1 saturated heterocycles. The maximum Gasteiger partial charge on any atom is 0.231 e. The first kappa shape index (κ1) is 14.7. The molecule has 1 aromatic heterocycles. The van der Waals surface area contributed by atoms with Gasteiger partial charge >= 0.3 is 0 Å². The lowest BCUT2D eigenvalue weighted by Gasteiger charge is -2.21. The number of anilines is 2. The Morgan fingerprint density at radius 3 is 2.73 bits per heavy atom. The van der Waals surface area contributed by atoms with E-state index in [0.717, 1.165) is 16.8 Å².